The van der Waals surface area contributed by atoms with Gasteiger partial charge in [0.1, 0.15) is 0 Å². The molecule has 1 N–H and O–H groups in total. The third-order valence-corrected chi connectivity index (χ3v) is 5.30. The van der Waals surface area contributed by atoms with E-state index in [1.165, 1.54) is 28.6 Å². The van der Waals surface area contributed by atoms with E-state index < -0.39 is 14.9 Å². The minimum absolute atomic E-state index is 0.0354. The molecule has 7 nitrogen and oxygen atoms in total. The van der Waals surface area contributed by atoms with Gasteiger partial charge in [-0.05, 0) is 30.9 Å². The van der Waals surface area contributed by atoms with E-state index in [4.69, 9.17) is 5.11 Å². The van der Waals surface area contributed by atoms with E-state index in [-0.39, 0.29) is 29.7 Å². The highest BCUT2D eigenvalue weighted by molar-refractivity contribution is 7.89. The zero-order chi connectivity index (χ0) is 14.8. The van der Waals surface area contributed by atoms with Gasteiger partial charge in [0.15, 0.2) is 0 Å². The van der Waals surface area contributed by atoms with Gasteiger partial charge in [-0.2, -0.15) is 4.31 Å². The molecule has 1 aromatic carbocycles. The first-order valence-electron chi connectivity index (χ1n) is 6.30. The van der Waals surface area contributed by atoms with Crippen molar-refractivity contribution in [3.8, 4) is 0 Å². The lowest BCUT2D eigenvalue weighted by molar-refractivity contribution is -0.384. The predicted molar refractivity (Wildman–Crippen MR) is 71.7 cm³/mol. The van der Waals surface area contributed by atoms with Crippen LogP contribution in [0.25, 0.3) is 0 Å². The summed E-state index contributed by atoms with van der Waals surface area (Å²) in [6.45, 7) is 0.665. The molecule has 1 saturated heterocycles. The van der Waals surface area contributed by atoms with Crippen molar-refractivity contribution in [2.75, 3.05) is 19.7 Å². The molecular weight excluding hydrogens is 284 g/mol. The van der Waals surface area contributed by atoms with Crippen LogP contribution in [0.5, 0.6) is 0 Å². The Labute approximate surface area is 117 Å². The Morgan fingerprint density at radius 2 is 2.00 bits per heavy atom. The Morgan fingerprint density at radius 1 is 1.35 bits per heavy atom. The van der Waals surface area contributed by atoms with Crippen molar-refractivity contribution in [3.63, 3.8) is 0 Å². The average Bonchev–Trinajstić information content (AvgIpc) is 2.47. The van der Waals surface area contributed by atoms with Gasteiger partial charge < -0.3 is 5.11 Å². The summed E-state index contributed by atoms with van der Waals surface area (Å²) in [6, 6.07) is 4.85. The third-order valence-electron chi connectivity index (χ3n) is 3.43. The highest BCUT2D eigenvalue weighted by Gasteiger charge is 2.30. The van der Waals surface area contributed by atoms with E-state index in [9.17, 15) is 18.5 Å². The number of hydrogen-bond donors (Lipinski definition) is 1. The van der Waals surface area contributed by atoms with E-state index in [1.807, 2.05) is 0 Å². The fraction of sp³-hybridized carbons (Fsp3) is 0.500. The van der Waals surface area contributed by atoms with Gasteiger partial charge in [-0.15, -0.1) is 0 Å². The Balaban J connectivity index is 2.23. The summed E-state index contributed by atoms with van der Waals surface area (Å²) in [6.07, 6.45) is 1.51. The summed E-state index contributed by atoms with van der Waals surface area (Å²) in [4.78, 5) is 10.0. The van der Waals surface area contributed by atoms with Crippen molar-refractivity contribution in [3.05, 3.63) is 34.4 Å². The number of nitrogens with zero attached hydrogens (tertiary/aromatic N) is 2. The van der Waals surface area contributed by atoms with E-state index in [2.05, 4.69) is 0 Å². The number of nitro groups is 1. The molecule has 0 bridgehead atoms. The van der Waals surface area contributed by atoms with Gasteiger partial charge in [-0.1, -0.05) is 0 Å². The van der Waals surface area contributed by atoms with Crippen molar-refractivity contribution in [2.24, 2.45) is 5.92 Å². The molecular formula is C12H16N2O5S. The Morgan fingerprint density at radius 3 is 2.55 bits per heavy atom. The SMILES string of the molecule is O=[N+]([O-])c1ccc(S(=O)(=O)N2CCC[C@@H](CO)C2)cc1. The largest absolute Gasteiger partial charge is 0.396 e. The highest BCUT2D eigenvalue weighted by Crippen LogP contribution is 2.24. The van der Waals surface area contributed by atoms with Crippen molar-refractivity contribution in [1.82, 2.24) is 4.31 Å². The van der Waals surface area contributed by atoms with Crippen LogP contribution in [0.2, 0.25) is 0 Å². The molecule has 1 heterocycles. The van der Waals surface area contributed by atoms with Crippen LogP contribution in [0.4, 0.5) is 5.69 Å². The molecule has 8 heteroatoms. The van der Waals surface area contributed by atoms with Crippen molar-refractivity contribution in [1.29, 1.82) is 0 Å². The molecule has 20 heavy (non-hydrogen) atoms. The second-order valence-electron chi connectivity index (χ2n) is 4.80. The normalized spacial score (nSPS) is 20.8. The summed E-state index contributed by atoms with van der Waals surface area (Å²) in [5, 5.41) is 19.7. The number of rotatable bonds is 4. The minimum Gasteiger partial charge on any atom is -0.396 e. The number of aliphatic hydroxyl groups excluding tert-OH is 1. The van der Waals surface area contributed by atoms with Crippen LogP contribution in [0.15, 0.2) is 29.2 Å². The smallest absolute Gasteiger partial charge is 0.269 e. The van der Waals surface area contributed by atoms with Crippen LogP contribution in [-0.2, 0) is 10.0 Å². The van der Waals surface area contributed by atoms with E-state index >= 15 is 0 Å². The molecule has 0 amide bonds. The topological polar surface area (TPSA) is 101 Å². The van der Waals surface area contributed by atoms with Crippen LogP contribution in [-0.4, -0.2) is 42.4 Å². The molecule has 1 atom stereocenters. The minimum atomic E-state index is -3.65. The van der Waals surface area contributed by atoms with Gasteiger partial charge in [-0.25, -0.2) is 8.42 Å². The quantitative estimate of drug-likeness (QED) is 0.660. The zero-order valence-corrected chi connectivity index (χ0v) is 11.6. The first kappa shape index (κ1) is 14.9. The third kappa shape index (κ3) is 2.97. The second-order valence-corrected chi connectivity index (χ2v) is 6.74. The first-order chi connectivity index (χ1) is 9.45. The zero-order valence-electron chi connectivity index (χ0n) is 10.8. The molecule has 0 aliphatic carbocycles. The summed E-state index contributed by atoms with van der Waals surface area (Å²) in [5.41, 5.74) is -0.143. The van der Waals surface area contributed by atoms with Crippen molar-refractivity contribution < 1.29 is 18.4 Å². The molecule has 1 aromatic rings. The molecule has 2 rings (SSSR count). The van der Waals surface area contributed by atoms with Gasteiger partial charge in [0.05, 0.1) is 9.82 Å². The summed E-state index contributed by atoms with van der Waals surface area (Å²) >= 11 is 0. The Kier molecular flexibility index (Phi) is 4.36. The lowest BCUT2D eigenvalue weighted by Crippen LogP contribution is -2.40. The molecule has 0 spiro atoms. The molecule has 0 radical (unpaired) electrons. The number of piperidine rings is 1. The number of sulfonamides is 1. The molecule has 0 saturated carbocycles. The fourth-order valence-electron chi connectivity index (χ4n) is 2.28. The number of nitro benzene ring substituents is 1. The van der Waals surface area contributed by atoms with E-state index in [0.717, 1.165) is 6.42 Å². The maximum atomic E-state index is 12.4. The molecule has 1 aliphatic heterocycles. The maximum absolute atomic E-state index is 12.4. The molecule has 0 unspecified atom stereocenters. The van der Waals surface area contributed by atoms with Gasteiger partial charge in [0.25, 0.3) is 5.69 Å². The van der Waals surface area contributed by atoms with Gasteiger partial charge >= 0.3 is 0 Å². The summed E-state index contributed by atoms with van der Waals surface area (Å²) in [7, 11) is -3.65. The second kappa shape index (κ2) is 5.86. The maximum Gasteiger partial charge on any atom is 0.269 e. The molecule has 1 aliphatic rings. The Bertz CT molecular complexity index is 584. The Hall–Kier alpha value is -1.51. The van der Waals surface area contributed by atoms with Gasteiger partial charge in [-0.3, -0.25) is 10.1 Å². The lowest BCUT2D eigenvalue weighted by atomic mass is 10.0. The summed E-state index contributed by atoms with van der Waals surface area (Å²) in [5.74, 6) is -0.0448. The molecule has 110 valence electrons. The van der Waals surface area contributed by atoms with Crippen molar-refractivity contribution in [2.45, 2.75) is 17.7 Å². The van der Waals surface area contributed by atoms with Crippen molar-refractivity contribution >= 4 is 15.7 Å². The number of aliphatic hydroxyl groups is 1. The van der Waals surface area contributed by atoms with Crippen LogP contribution in [0, 0.1) is 16.0 Å². The van der Waals surface area contributed by atoms with Gasteiger partial charge in [0, 0.05) is 31.8 Å². The monoisotopic (exact) mass is 300 g/mol. The lowest BCUT2D eigenvalue weighted by Gasteiger charge is -2.30. The predicted octanol–water partition coefficient (Wildman–Crippen LogP) is 0.988. The van der Waals surface area contributed by atoms with Gasteiger partial charge in [0.2, 0.25) is 10.0 Å². The number of non-ortho nitro benzene ring substituents is 1. The number of benzene rings is 1. The standard InChI is InChI=1S/C12H16N2O5S/c15-9-10-2-1-7-13(8-10)20(18,19)12-5-3-11(4-6-12)14(16)17/h3-6,10,15H,1-2,7-9H2/t10-/m1/s1. The van der Waals surface area contributed by atoms with Crippen LogP contribution >= 0.6 is 0 Å². The van der Waals surface area contributed by atoms with Crippen LogP contribution in [0.3, 0.4) is 0 Å². The fourth-order valence-corrected chi connectivity index (χ4v) is 3.84. The first-order valence-corrected chi connectivity index (χ1v) is 7.74. The van der Waals surface area contributed by atoms with Crippen LogP contribution < -0.4 is 0 Å². The molecule has 1 fully saturated rings. The highest BCUT2D eigenvalue weighted by atomic mass is 32.2. The van der Waals surface area contributed by atoms with Crippen LogP contribution in [0.1, 0.15) is 12.8 Å². The molecule has 0 aromatic heterocycles. The summed E-state index contributed by atoms with van der Waals surface area (Å²) < 4.78 is 26.1. The van der Waals surface area contributed by atoms with E-state index in [0.29, 0.717) is 13.0 Å². The average molecular weight is 300 g/mol. The number of hydrogen-bond acceptors (Lipinski definition) is 5. The van der Waals surface area contributed by atoms with E-state index in [1.54, 1.807) is 0 Å².